The number of benzene rings is 1. The SMILES string of the molecule is CCCC1CCCCN1C(=O)c1ccc(NN)c(C)c1. The number of carbonyl (C=O) groups is 1. The zero-order chi connectivity index (χ0) is 14.5. The Kier molecular flexibility index (Phi) is 5.01. The number of amides is 1. The van der Waals surface area contributed by atoms with Crippen molar-refractivity contribution in [2.45, 2.75) is 52.0 Å². The van der Waals surface area contributed by atoms with E-state index in [1.807, 2.05) is 25.1 Å². The van der Waals surface area contributed by atoms with Gasteiger partial charge in [0.1, 0.15) is 0 Å². The second-order valence-corrected chi connectivity index (χ2v) is 5.61. The zero-order valence-corrected chi connectivity index (χ0v) is 12.5. The molecule has 0 aliphatic carbocycles. The van der Waals surface area contributed by atoms with E-state index in [4.69, 9.17) is 5.84 Å². The van der Waals surface area contributed by atoms with E-state index in [-0.39, 0.29) is 5.91 Å². The summed E-state index contributed by atoms with van der Waals surface area (Å²) >= 11 is 0. The molecule has 1 unspecified atom stereocenters. The number of rotatable bonds is 4. The Morgan fingerprint density at radius 2 is 2.25 bits per heavy atom. The van der Waals surface area contributed by atoms with Crippen molar-refractivity contribution >= 4 is 11.6 Å². The molecule has 110 valence electrons. The first kappa shape index (κ1) is 14.9. The molecule has 0 bridgehead atoms. The third-order valence-electron chi connectivity index (χ3n) is 4.14. The molecule has 0 saturated carbocycles. The Morgan fingerprint density at radius 1 is 1.45 bits per heavy atom. The van der Waals surface area contributed by atoms with E-state index < -0.39 is 0 Å². The summed E-state index contributed by atoms with van der Waals surface area (Å²) in [5.74, 6) is 5.60. The van der Waals surface area contributed by atoms with E-state index in [1.165, 1.54) is 6.42 Å². The maximum absolute atomic E-state index is 12.7. The van der Waals surface area contributed by atoms with E-state index in [2.05, 4.69) is 17.2 Å². The Hall–Kier alpha value is -1.55. The molecule has 1 aromatic rings. The Labute approximate surface area is 121 Å². The number of piperidine rings is 1. The molecule has 4 heteroatoms. The zero-order valence-electron chi connectivity index (χ0n) is 12.5. The van der Waals surface area contributed by atoms with Crippen LogP contribution in [0.5, 0.6) is 0 Å². The van der Waals surface area contributed by atoms with E-state index in [9.17, 15) is 4.79 Å². The molecule has 1 aliphatic heterocycles. The first-order valence-electron chi connectivity index (χ1n) is 7.55. The Balaban J connectivity index is 2.18. The molecule has 1 amide bonds. The van der Waals surface area contributed by atoms with Crippen LogP contribution < -0.4 is 11.3 Å². The van der Waals surface area contributed by atoms with Crippen LogP contribution in [-0.2, 0) is 0 Å². The Morgan fingerprint density at radius 3 is 2.90 bits per heavy atom. The summed E-state index contributed by atoms with van der Waals surface area (Å²) in [6, 6.07) is 6.08. The lowest BCUT2D eigenvalue weighted by molar-refractivity contribution is 0.0600. The van der Waals surface area contributed by atoms with E-state index >= 15 is 0 Å². The van der Waals surface area contributed by atoms with E-state index in [1.54, 1.807) is 0 Å². The third-order valence-corrected chi connectivity index (χ3v) is 4.14. The lowest BCUT2D eigenvalue weighted by Crippen LogP contribution is -2.43. The molecule has 1 saturated heterocycles. The smallest absolute Gasteiger partial charge is 0.254 e. The summed E-state index contributed by atoms with van der Waals surface area (Å²) in [7, 11) is 0. The number of hydrazine groups is 1. The summed E-state index contributed by atoms with van der Waals surface area (Å²) < 4.78 is 0. The van der Waals surface area contributed by atoms with Gasteiger partial charge in [-0.3, -0.25) is 10.6 Å². The van der Waals surface area contributed by atoms with Gasteiger partial charge in [-0.05, 0) is 56.4 Å². The molecule has 2 rings (SSSR count). The van der Waals surface area contributed by atoms with Crippen LogP contribution in [0.25, 0.3) is 0 Å². The lowest BCUT2D eigenvalue weighted by Gasteiger charge is -2.36. The summed E-state index contributed by atoms with van der Waals surface area (Å²) in [6.45, 7) is 5.04. The van der Waals surface area contributed by atoms with Crippen molar-refractivity contribution in [3.63, 3.8) is 0 Å². The maximum Gasteiger partial charge on any atom is 0.254 e. The van der Waals surface area contributed by atoms with Gasteiger partial charge in [-0.2, -0.15) is 0 Å². The molecule has 0 aromatic heterocycles. The summed E-state index contributed by atoms with van der Waals surface area (Å²) in [5, 5.41) is 0. The van der Waals surface area contributed by atoms with Gasteiger partial charge in [0.15, 0.2) is 0 Å². The average Bonchev–Trinajstić information content (AvgIpc) is 2.47. The molecule has 1 fully saturated rings. The largest absolute Gasteiger partial charge is 0.336 e. The van der Waals surface area contributed by atoms with Gasteiger partial charge in [-0.15, -0.1) is 0 Å². The van der Waals surface area contributed by atoms with Crippen LogP contribution in [0.3, 0.4) is 0 Å². The van der Waals surface area contributed by atoms with Crippen molar-refractivity contribution < 1.29 is 4.79 Å². The normalized spacial score (nSPS) is 18.9. The first-order chi connectivity index (χ1) is 9.67. The van der Waals surface area contributed by atoms with Gasteiger partial charge in [-0.25, -0.2) is 0 Å². The molecule has 1 aromatic carbocycles. The van der Waals surface area contributed by atoms with Crippen LogP contribution in [-0.4, -0.2) is 23.4 Å². The fraction of sp³-hybridized carbons (Fsp3) is 0.562. The first-order valence-corrected chi connectivity index (χ1v) is 7.55. The number of nitrogens with zero attached hydrogens (tertiary/aromatic N) is 1. The van der Waals surface area contributed by atoms with Crippen molar-refractivity contribution in [3.05, 3.63) is 29.3 Å². The number of aryl methyl sites for hydroxylation is 1. The second-order valence-electron chi connectivity index (χ2n) is 5.61. The van der Waals surface area contributed by atoms with Crippen LogP contribution in [0.2, 0.25) is 0 Å². The fourth-order valence-corrected chi connectivity index (χ4v) is 3.03. The van der Waals surface area contributed by atoms with Gasteiger partial charge in [0, 0.05) is 18.2 Å². The molecule has 0 spiro atoms. The highest BCUT2D eigenvalue weighted by Crippen LogP contribution is 2.24. The highest BCUT2D eigenvalue weighted by Gasteiger charge is 2.26. The minimum atomic E-state index is 0.162. The molecule has 0 radical (unpaired) electrons. The van der Waals surface area contributed by atoms with Crippen molar-refractivity contribution in [1.82, 2.24) is 4.90 Å². The Bertz CT molecular complexity index is 471. The quantitative estimate of drug-likeness (QED) is 0.656. The lowest BCUT2D eigenvalue weighted by atomic mass is 9.97. The highest BCUT2D eigenvalue weighted by molar-refractivity contribution is 5.95. The standard InChI is InChI=1S/C16H25N3O/c1-3-6-14-7-4-5-10-19(14)16(20)13-8-9-15(18-17)12(2)11-13/h8-9,11,14,18H,3-7,10,17H2,1-2H3. The third kappa shape index (κ3) is 3.12. The summed E-state index contributed by atoms with van der Waals surface area (Å²) in [4.78, 5) is 14.8. The van der Waals surface area contributed by atoms with Crippen LogP contribution in [0, 0.1) is 6.92 Å². The summed E-state index contributed by atoms with van der Waals surface area (Å²) in [6.07, 6.45) is 5.73. The predicted molar refractivity (Wildman–Crippen MR) is 82.6 cm³/mol. The van der Waals surface area contributed by atoms with Crippen molar-refractivity contribution in [1.29, 1.82) is 0 Å². The maximum atomic E-state index is 12.7. The highest BCUT2D eigenvalue weighted by atomic mass is 16.2. The fourth-order valence-electron chi connectivity index (χ4n) is 3.03. The number of anilines is 1. The molecule has 1 atom stereocenters. The molecule has 3 N–H and O–H groups in total. The van der Waals surface area contributed by atoms with Crippen molar-refractivity contribution in [2.24, 2.45) is 5.84 Å². The van der Waals surface area contributed by atoms with Crippen LogP contribution >= 0.6 is 0 Å². The molecule has 1 aliphatic rings. The van der Waals surface area contributed by atoms with Gasteiger partial charge < -0.3 is 10.3 Å². The van der Waals surface area contributed by atoms with Crippen LogP contribution in [0.1, 0.15) is 54.9 Å². The topological polar surface area (TPSA) is 58.4 Å². The van der Waals surface area contributed by atoms with E-state index in [0.29, 0.717) is 6.04 Å². The monoisotopic (exact) mass is 275 g/mol. The van der Waals surface area contributed by atoms with Gasteiger partial charge >= 0.3 is 0 Å². The van der Waals surface area contributed by atoms with Gasteiger partial charge in [0.2, 0.25) is 0 Å². The second kappa shape index (κ2) is 6.75. The molecule has 1 heterocycles. The predicted octanol–water partition coefficient (Wildman–Crippen LogP) is 3.08. The summed E-state index contributed by atoms with van der Waals surface area (Å²) in [5.41, 5.74) is 5.28. The van der Waals surface area contributed by atoms with Crippen molar-refractivity contribution in [2.75, 3.05) is 12.0 Å². The molecular weight excluding hydrogens is 250 g/mol. The number of nitrogens with one attached hydrogen (secondary N) is 1. The number of hydrogen-bond acceptors (Lipinski definition) is 3. The molecular formula is C16H25N3O. The minimum absolute atomic E-state index is 0.162. The minimum Gasteiger partial charge on any atom is -0.336 e. The molecule has 4 nitrogen and oxygen atoms in total. The average molecular weight is 275 g/mol. The van der Waals surface area contributed by atoms with Crippen LogP contribution in [0.4, 0.5) is 5.69 Å². The number of likely N-dealkylation sites (tertiary alicyclic amines) is 1. The number of carbonyl (C=O) groups excluding carboxylic acids is 1. The number of hydrogen-bond donors (Lipinski definition) is 2. The molecule has 20 heavy (non-hydrogen) atoms. The number of nitrogens with two attached hydrogens (primary N) is 1. The van der Waals surface area contributed by atoms with E-state index in [0.717, 1.165) is 49.0 Å². The van der Waals surface area contributed by atoms with Gasteiger partial charge in [-0.1, -0.05) is 13.3 Å². The van der Waals surface area contributed by atoms with Crippen molar-refractivity contribution in [3.8, 4) is 0 Å². The van der Waals surface area contributed by atoms with Gasteiger partial charge in [0.25, 0.3) is 5.91 Å². The number of nitrogen functional groups attached to an aromatic ring is 1. The van der Waals surface area contributed by atoms with Gasteiger partial charge in [0.05, 0.1) is 5.69 Å². The van der Waals surface area contributed by atoms with Crippen LogP contribution in [0.15, 0.2) is 18.2 Å².